The van der Waals surface area contributed by atoms with Crippen LogP contribution in [0.5, 0.6) is 0 Å². The molecule has 0 aromatic rings. The fraction of sp³-hybridized carbons (Fsp3) is 0.857. The molecule has 116 valence electrons. The minimum atomic E-state index is -3.45. The van der Waals surface area contributed by atoms with Crippen molar-refractivity contribution in [3.63, 3.8) is 0 Å². The van der Waals surface area contributed by atoms with E-state index < -0.39 is 10.2 Å². The van der Waals surface area contributed by atoms with Gasteiger partial charge in [0.2, 0.25) is 0 Å². The summed E-state index contributed by atoms with van der Waals surface area (Å²) in [5, 5.41) is 3.34. The lowest BCUT2D eigenvalue weighted by Gasteiger charge is -2.37. The molecule has 0 aromatic heterocycles. The highest BCUT2D eigenvalue weighted by Gasteiger charge is 2.35. The number of nitrogens with one attached hydrogen (secondary N) is 1. The van der Waals surface area contributed by atoms with Gasteiger partial charge in [0, 0.05) is 31.7 Å². The summed E-state index contributed by atoms with van der Waals surface area (Å²) >= 11 is 0. The minimum Gasteiger partial charge on any atom is -0.313 e. The van der Waals surface area contributed by atoms with E-state index in [1.54, 1.807) is 4.31 Å². The second kappa shape index (κ2) is 7.99. The number of hydrogen-bond acceptors (Lipinski definition) is 3. The Morgan fingerprint density at radius 2 is 2.15 bits per heavy atom. The van der Waals surface area contributed by atoms with Gasteiger partial charge in [0.1, 0.15) is 0 Å². The predicted molar refractivity (Wildman–Crippen MR) is 82.5 cm³/mol. The Morgan fingerprint density at radius 3 is 2.70 bits per heavy atom. The van der Waals surface area contributed by atoms with Crippen LogP contribution in [0.2, 0.25) is 0 Å². The van der Waals surface area contributed by atoms with E-state index in [2.05, 4.69) is 25.1 Å². The molecule has 1 atom stereocenters. The fourth-order valence-corrected chi connectivity index (χ4v) is 4.24. The van der Waals surface area contributed by atoms with Gasteiger partial charge < -0.3 is 5.32 Å². The van der Waals surface area contributed by atoms with Gasteiger partial charge in [0.25, 0.3) is 10.2 Å². The third-order valence-corrected chi connectivity index (χ3v) is 5.69. The van der Waals surface area contributed by atoms with Gasteiger partial charge in [-0.25, -0.2) is 0 Å². The van der Waals surface area contributed by atoms with E-state index in [1.807, 2.05) is 6.92 Å². The van der Waals surface area contributed by atoms with E-state index >= 15 is 0 Å². The molecule has 1 saturated heterocycles. The molecule has 20 heavy (non-hydrogen) atoms. The van der Waals surface area contributed by atoms with Crippen LogP contribution in [0.1, 0.15) is 40.0 Å². The molecule has 1 heterocycles. The maximum Gasteiger partial charge on any atom is 0.283 e. The smallest absolute Gasteiger partial charge is 0.283 e. The van der Waals surface area contributed by atoms with Crippen LogP contribution >= 0.6 is 0 Å². The quantitative estimate of drug-likeness (QED) is 0.715. The average molecular weight is 301 g/mol. The SMILES string of the molecule is C#CCN(CC)S(=O)(=O)N1CCCCC1CNC(C)C. The van der Waals surface area contributed by atoms with Gasteiger partial charge in [-0.05, 0) is 12.8 Å². The largest absolute Gasteiger partial charge is 0.313 e. The standard InChI is InChI=1S/C14H27N3O2S/c1-5-10-16(6-2)20(18,19)17-11-8-7-9-14(17)12-15-13(3)4/h1,13-15H,6-12H2,2-4H3. The molecule has 1 aliphatic rings. The summed E-state index contributed by atoms with van der Waals surface area (Å²) in [7, 11) is -3.45. The van der Waals surface area contributed by atoms with Crippen molar-refractivity contribution < 1.29 is 8.42 Å². The van der Waals surface area contributed by atoms with E-state index in [0.29, 0.717) is 25.7 Å². The van der Waals surface area contributed by atoms with Crippen molar-refractivity contribution in [2.45, 2.75) is 52.1 Å². The molecule has 0 radical (unpaired) electrons. The maximum absolute atomic E-state index is 12.7. The molecular formula is C14H27N3O2S. The highest BCUT2D eigenvalue weighted by molar-refractivity contribution is 7.86. The zero-order valence-corrected chi connectivity index (χ0v) is 13.6. The van der Waals surface area contributed by atoms with Gasteiger partial charge >= 0.3 is 0 Å². The first-order chi connectivity index (χ1) is 9.43. The number of rotatable bonds is 7. The number of terminal acetylenes is 1. The Bertz CT molecular complexity index is 428. The fourth-order valence-electron chi connectivity index (χ4n) is 2.46. The van der Waals surface area contributed by atoms with Crippen LogP contribution in [0.25, 0.3) is 0 Å². The molecule has 1 aliphatic heterocycles. The number of piperidine rings is 1. The summed E-state index contributed by atoms with van der Waals surface area (Å²) in [6.07, 6.45) is 8.19. The van der Waals surface area contributed by atoms with Crippen molar-refractivity contribution in [3.05, 3.63) is 0 Å². The molecule has 1 unspecified atom stereocenters. The summed E-state index contributed by atoms with van der Waals surface area (Å²) in [6, 6.07) is 0.387. The molecular weight excluding hydrogens is 274 g/mol. The molecule has 1 N–H and O–H groups in total. The summed E-state index contributed by atoms with van der Waals surface area (Å²) < 4.78 is 28.4. The third kappa shape index (κ3) is 4.45. The van der Waals surface area contributed by atoms with Crippen LogP contribution in [0.15, 0.2) is 0 Å². The monoisotopic (exact) mass is 301 g/mol. The lowest BCUT2D eigenvalue weighted by Crippen LogP contribution is -2.54. The lowest BCUT2D eigenvalue weighted by molar-refractivity contribution is 0.226. The minimum absolute atomic E-state index is 0.0305. The van der Waals surface area contributed by atoms with E-state index in [0.717, 1.165) is 19.3 Å². The highest BCUT2D eigenvalue weighted by atomic mass is 32.2. The van der Waals surface area contributed by atoms with Crippen molar-refractivity contribution in [2.75, 3.05) is 26.2 Å². The molecule has 0 spiro atoms. The van der Waals surface area contributed by atoms with Crippen LogP contribution in [0, 0.1) is 12.3 Å². The molecule has 0 saturated carbocycles. The van der Waals surface area contributed by atoms with Gasteiger partial charge in [0.05, 0.1) is 6.54 Å². The first-order valence-corrected chi connectivity index (χ1v) is 8.77. The molecule has 1 rings (SSSR count). The molecule has 0 aromatic carbocycles. The molecule has 0 amide bonds. The Kier molecular flexibility index (Phi) is 6.96. The molecule has 0 bridgehead atoms. The third-order valence-electron chi connectivity index (χ3n) is 3.58. The average Bonchev–Trinajstić information content (AvgIpc) is 2.42. The van der Waals surface area contributed by atoms with E-state index in [1.165, 1.54) is 4.31 Å². The van der Waals surface area contributed by atoms with E-state index in [-0.39, 0.29) is 12.6 Å². The van der Waals surface area contributed by atoms with E-state index in [4.69, 9.17) is 6.42 Å². The van der Waals surface area contributed by atoms with Crippen molar-refractivity contribution in [3.8, 4) is 12.3 Å². The van der Waals surface area contributed by atoms with Crippen molar-refractivity contribution in [2.24, 2.45) is 0 Å². The maximum atomic E-state index is 12.7. The summed E-state index contributed by atoms with van der Waals surface area (Å²) in [5.41, 5.74) is 0. The normalized spacial score (nSPS) is 21.3. The Morgan fingerprint density at radius 1 is 1.45 bits per heavy atom. The second-order valence-corrected chi connectivity index (χ2v) is 7.34. The van der Waals surface area contributed by atoms with Crippen LogP contribution in [-0.2, 0) is 10.2 Å². The molecule has 6 heteroatoms. The first kappa shape index (κ1) is 17.4. The van der Waals surface area contributed by atoms with Gasteiger partial charge in [-0.2, -0.15) is 17.0 Å². The predicted octanol–water partition coefficient (Wildman–Crippen LogP) is 1.04. The highest BCUT2D eigenvalue weighted by Crippen LogP contribution is 2.22. The van der Waals surface area contributed by atoms with Crippen LogP contribution < -0.4 is 5.32 Å². The van der Waals surface area contributed by atoms with Crippen LogP contribution in [-0.4, -0.2) is 55.3 Å². The first-order valence-electron chi connectivity index (χ1n) is 7.37. The summed E-state index contributed by atoms with van der Waals surface area (Å²) in [5.74, 6) is 2.43. The Hall–Kier alpha value is -0.610. The number of hydrogen-bond donors (Lipinski definition) is 1. The van der Waals surface area contributed by atoms with Gasteiger partial charge in [-0.3, -0.25) is 0 Å². The molecule has 5 nitrogen and oxygen atoms in total. The van der Waals surface area contributed by atoms with Crippen molar-refractivity contribution in [1.82, 2.24) is 13.9 Å². The summed E-state index contributed by atoms with van der Waals surface area (Å²) in [4.78, 5) is 0. The van der Waals surface area contributed by atoms with Gasteiger partial charge in [-0.15, -0.1) is 6.42 Å². The van der Waals surface area contributed by atoms with E-state index in [9.17, 15) is 8.42 Å². The molecule has 0 aliphatic carbocycles. The molecule has 1 fully saturated rings. The van der Waals surface area contributed by atoms with Crippen LogP contribution in [0.3, 0.4) is 0 Å². The number of nitrogens with zero attached hydrogens (tertiary/aromatic N) is 2. The van der Waals surface area contributed by atoms with Gasteiger partial charge in [0.15, 0.2) is 0 Å². The topological polar surface area (TPSA) is 52.7 Å². The second-order valence-electron chi connectivity index (χ2n) is 5.46. The zero-order valence-electron chi connectivity index (χ0n) is 12.8. The van der Waals surface area contributed by atoms with Crippen molar-refractivity contribution in [1.29, 1.82) is 0 Å². The van der Waals surface area contributed by atoms with Crippen LogP contribution in [0.4, 0.5) is 0 Å². The van der Waals surface area contributed by atoms with Crippen molar-refractivity contribution >= 4 is 10.2 Å². The lowest BCUT2D eigenvalue weighted by atomic mass is 10.0. The summed E-state index contributed by atoms with van der Waals surface area (Å²) in [6.45, 7) is 7.79. The zero-order chi connectivity index (χ0) is 15.2. The Balaban J connectivity index is 2.85. The Labute approximate surface area is 123 Å². The van der Waals surface area contributed by atoms with Gasteiger partial charge in [-0.1, -0.05) is 33.1 Å².